The first-order chi connectivity index (χ1) is 12.2. The van der Waals surface area contributed by atoms with E-state index in [2.05, 4.69) is 13.8 Å². The molecule has 0 heterocycles. The van der Waals surface area contributed by atoms with E-state index in [0.29, 0.717) is 31.1 Å². The van der Waals surface area contributed by atoms with Crippen LogP contribution in [0.4, 0.5) is 0 Å². The lowest BCUT2D eigenvalue weighted by Gasteiger charge is -2.61. The van der Waals surface area contributed by atoms with Crippen molar-refractivity contribution in [3.63, 3.8) is 0 Å². The predicted molar refractivity (Wildman–Crippen MR) is 94.1 cm³/mol. The van der Waals surface area contributed by atoms with E-state index in [1.165, 1.54) is 0 Å². The molecular formula is C21H30O5. The molecule has 4 fully saturated rings. The Balaban J connectivity index is 1.69. The smallest absolute Gasteiger partial charge is 0.201 e. The SMILES string of the molecule is C[C@]12C[C@H](O)[C@H]3[C@@H](CCC4C(=O)C(=O)CC[C@@]43C)[C@@H]1CC[C@@H]2C(=O)CO. The van der Waals surface area contributed by atoms with Gasteiger partial charge in [0, 0.05) is 18.3 Å². The fraction of sp³-hybridized carbons (Fsp3) is 0.857. The second kappa shape index (κ2) is 5.96. The number of aliphatic hydroxyl groups is 2. The Morgan fingerprint density at radius 1 is 1.12 bits per heavy atom. The largest absolute Gasteiger partial charge is 0.393 e. The summed E-state index contributed by atoms with van der Waals surface area (Å²) >= 11 is 0. The van der Waals surface area contributed by atoms with Crippen molar-refractivity contribution in [3.8, 4) is 0 Å². The van der Waals surface area contributed by atoms with Crippen LogP contribution < -0.4 is 0 Å². The Morgan fingerprint density at radius 3 is 2.54 bits per heavy atom. The number of rotatable bonds is 2. The average Bonchev–Trinajstić information content (AvgIpc) is 2.94. The van der Waals surface area contributed by atoms with Crippen molar-refractivity contribution in [2.24, 2.45) is 40.4 Å². The average molecular weight is 362 g/mol. The first kappa shape index (κ1) is 18.3. The molecule has 0 amide bonds. The van der Waals surface area contributed by atoms with E-state index in [-0.39, 0.29) is 45.9 Å². The quantitative estimate of drug-likeness (QED) is 0.733. The first-order valence-electron chi connectivity index (χ1n) is 10.1. The molecule has 4 aliphatic rings. The van der Waals surface area contributed by atoms with Gasteiger partial charge in [-0.3, -0.25) is 14.4 Å². The molecule has 0 aliphatic heterocycles. The number of carbonyl (C=O) groups excluding carboxylic acids is 3. The van der Waals surface area contributed by atoms with Crippen molar-refractivity contribution in [2.75, 3.05) is 6.61 Å². The van der Waals surface area contributed by atoms with Crippen LogP contribution in [0.2, 0.25) is 0 Å². The van der Waals surface area contributed by atoms with Gasteiger partial charge in [0.25, 0.3) is 0 Å². The molecule has 8 atom stereocenters. The van der Waals surface area contributed by atoms with Crippen LogP contribution in [0.3, 0.4) is 0 Å². The molecule has 4 saturated carbocycles. The van der Waals surface area contributed by atoms with Crippen molar-refractivity contribution >= 4 is 17.3 Å². The minimum absolute atomic E-state index is 0.0272. The third-order valence-electron chi connectivity index (χ3n) is 8.82. The fourth-order valence-corrected chi connectivity index (χ4v) is 7.72. The number of hydrogen-bond acceptors (Lipinski definition) is 5. The van der Waals surface area contributed by atoms with Gasteiger partial charge in [-0.05, 0) is 67.1 Å². The molecule has 0 aromatic heterocycles. The van der Waals surface area contributed by atoms with E-state index < -0.39 is 12.7 Å². The zero-order chi connectivity index (χ0) is 18.9. The topological polar surface area (TPSA) is 91.7 Å². The second-order valence-electron chi connectivity index (χ2n) is 9.75. The van der Waals surface area contributed by atoms with Crippen LogP contribution in [0.25, 0.3) is 0 Å². The summed E-state index contributed by atoms with van der Waals surface area (Å²) in [5.41, 5.74) is -0.578. The van der Waals surface area contributed by atoms with Crippen molar-refractivity contribution < 1.29 is 24.6 Å². The van der Waals surface area contributed by atoms with Crippen LogP contribution in [0, 0.1) is 40.4 Å². The summed E-state index contributed by atoms with van der Waals surface area (Å²) in [5, 5.41) is 20.5. The lowest BCUT2D eigenvalue weighted by Crippen LogP contribution is -2.61. The molecule has 0 bridgehead atoms. The van der Waals surface area contributed by atoms with Gasteiger partial charge in [0.2, 0.25) is 5.78 Å². The standard InChI is InChI=1S/C21H30O5/c1-20-8-7-15(23)19(26)14(20)4-3-11-12-5-6-13(17(25)10-22)21(12,2)9-16(24)18(11)20/h11-14,16,18,22,24H,3-10H2,1-2H3/t11-,12-,13+,14?,16-,18+,20-,21-/m0/s1. The van der Waals surface area contributed by atoms with E-state index >= 15 is 0 Å². The molecular weight excluding hydrogens is 332 g/mol. The van der Waals surface area contributed by atoms with Crippen LogP contribution in [-0.2, 0) is 14.4 Å². The Bertz CT molecular complexity index is 657. The monoisotopic (exact) mass is 362 g/mol. The minimum atomic E-state index is -0.554. The molecule has 1 unspecified atom stereocenters. The van der Waals surface area contributed by atoms with Gasteiger partial charge in [0.1, 0.15) is 6.61 Å². The van der Waals surface area contributed by atoms with E-state index in [1.54, 1.807) is 0 Å². The Labute approximate surface area is 154 Å². The second-order valence-corrected chi connectivity index (χ2v) is 9.75. The van der Waals surface area contributed by atoms with E-state index in [4.69, 9.17) is 0 Å². The van der Waals surface area contributed by atoms with Gasteiger partial charge in [0.15, 0.2) is 11.6 Å². The number of aliphatic hydroxyl groups excluding tert-OH is 2. The maximum atomic E-state index is 12.5. The summed E-state index contributed by atoms with van der Waals surface area (Å²) in [6, 6.07) is 0. The van der Waals surface area contributed by atoms with Crippen molar-refractivity contribution in [1.82, 2.24) is 0 Å². The molecule has 0 aromatic carbocycles. The predicted octanol–water partition coefficient (Wildman–Crippen LogP) is 1.93. The van der Waals surface area contributed by atoms with Gasteiger partial charge < -0.3 is 10.2 Å². The highest BCUT2D eigenvalue weighted by molar-refractivity contribution is 6.38. The zero-order valence-electron chi connectivity index (χ0n) is 15.7. The van der Waals surface area contributed by atoms with Gasteiger partial charge >= 0.3 is 0 Å². The Kier molecular flexibility index (Phi) is 4.20. The fourth-order valence-electron chi connectivity index (χ4n) is 7.72. The lowest BCUT2D eigenvalue weighted by molar-refractivity contribution is -0.178. The molecule has 0 spiro atoms. The molecule has 2 N–H and O–H groups in total. The van der Waals surface area contributed by atoms with Gasteiger partial charge in [-0.1, -0.05) is 13.8 Å². The summed E-state index contributed by atoms with van der Waals surface area (Å²) in [6.45, 7) is 3.80. The highest BCUT2D eigenvalue weighted by Crippen LogP contribution is 2.66. The maximum Gasteiger partial charge on any atom is 0.201 e. The molecule has 0 saturated heterocycles. The first-order valence-corrected chi connectivity index (χ1v) is 10.1. The Hall–Kier alpha value is -1.07. The van der Waals surface area contributed by atoms with Crippen LogP contribution in [0.15, 0.2) is 0 Å². The highest BCUT2D eigenvalue weighted by atomic mass is 16.3. The van der Waals surface area contributed by atoms with Crippen LogP contribution in [0.1, 0.15) is 58.8 Å². The maximum absolute atomic E-state index is 12.5. The molecule has 5 nitrogen and oxygen atoms in total. The van der Waals surface area contributed by atoms with Crippen LogP contribution in [0.5, 0.6) is 0 Å². The van der Waals surface area contributed by atoms with Gasteiger partial charge in [-0.2, -0.15) is 0 Å². The van der Waals surface area contributed by atoms with Gasteiger partial charge in [-0.25, -0.2) is 0 Å². The molecule has 144 valence electrons. The van der Waals surface area contributed by atoms with Gasteiger partial charge in [-0.15, -0.1) is 0 Å². The van der Waals surface area contributed by atoms with Crippen LogP contribution in [-0.4, -0.2) is 40.3 Å². The minimum Gasteiger partial charge on any atom is -0.393 e. The van der Waals surface area contributed by atoms with E-state index in [0.717, 1.165) is 25.7 Å². The van der Waals surface area contributed by atoms with Crippen molar-refractivity contribution in [2.45, 2.75) is 64.9 Å². The summed E-state index contributed by atoms with van der Waals surface area (Å²) in [5.74, 6) is -0.316. The third kappa shape index (κ3) is 2.26. The summed E-state index contributed by atoms with van der Waals surface area (Å²) in [7, 11) is 0. The number of Topliss-reactive ketones (excluding diaryl/α,β-unsaturated/α-hetero) is 3. The summed E-state index contributed by atoms with van der Waals surface area (Å²) in [6.07, 6.45) is 4.30. The molecule has 5 heteroatoms. The number of ketones is 3. The third-order valence-corrected chi connectivity index (χ3v) is 8.82. The number of fused-ring (bicyclic) bond motifs is 5. The lowest BCUT2D eigenvalue weighted by atomic mass is 9.43. The summed E-state index contributed by atoms with van der Waals surface area (Å²) in [4.78, 5) is 36.8. The van der Waals surface area contributed by atoms with Crippen molar-refractivity contribution in [1.29, 1.82) is 0 Å². The molecule has 4 rings (SSSR count). The molecule has 26 heavy (non-hydrogen) atoms. The zero-order valence-corrected chi connectivity index (χ0v) is 15.7. The normalized spacial score (nSPS) is 50.8. The van der Waals surface area contributed by atoms with E-state index in [1.807, 2.05) is 0 Å². The van der Waals surface area contributed by atoms with Gasteiger partial charge in [0.05, 0.1) is 6.10 Å². The van der Waals surface area contributed by atoms with E-state index in [9.17, 15) is 24.6 Å². The van der Waals surface area contributed by atoms with Crippen LogP contribution >= 0.6 is 0 Å². The molecule has 4 aliphatic carbocycles. The number of hydrogen-bond donors (Lipinski definition) is 2. The van der Waals surface area contributed by atoms with Crippen molar-refractivity contribution in [3.05, 3.63) is 0 Å². The number of carbonyl (C=O) groups is 3. The molecule has 0 radical (unpaired) electrons. The highest BCUT2D eigenvalue weighted by Gasteiger charge is 2.65. The summed E-state index contributed by atoms with van der Waals surface area (Å²) < 4.78 is 0. The Morgan fingerprint density at radius 2 is 1.85 bits per heavy atom. The molecule has 0 aromatic rings.